The number of ether oxygens (including phenoxy) is 1. The van der Waals surface area contributed by atoms with E-state index in [2.05, 4.69) is 0 Å². The monoisotopic (exact) mass is 199 g/mol. The zero-order chi connectivity index (χ0) is 10.2. The van der Waals surface area contributed by atoms with Gasteiger partial charge in [0, 0.05) is 6.54 Å². The van der Waals surface area contributed by atoms with E-state index in [9.17, 15) is 4.39 Å². The van der Waals surface area contributed by atoms with Gasteiger partial charge in [0.2, 0.25) is 0 Å². The van der Waals surface area contributed by atoms with Crippen molar-refractivity contribution >= 4 is 0 Å². The lowest BCUT2D eigenvalue weighted by Crippen LogP contribution is -2.28. The zero-order valence-corrected chi connectivity index (χ0v) is 7.82. The lowest BCUT2D eigenvalue weighted by atomic mass is 10.2. The highest BCUT2D eigenvalue weighted by Crippen LogP contribution is 2.03. The van der Waals surface area contributed by atoms with Gasteiger partial charge in [0.05, 0.1) is 6.61 Å². The second-order valence-corrected chi connectivity index (χ2v) is 2.94. The van der Waals surface area contributed by atoms with Crippen LogP contribution in [0.2, 0.25) is 0 Å². The summed E-state index contributed by atoms with van der Waals surface area (Å²) in [6.07, 6.45) is -0.597. The maximum Gasteiger partial charge on any atom is 0.117 e. The Kier molecular flexibility index (Phi) is 5.14. The Labute approximate surface area is 82.5 Å². The minimum Gasteiger partial charge on any atom is -0.369 e. The van der Waals surface area contributed by atoms with Gasteiger partial charge >= 0.3 is 0 Å². The van der Waals surface area contributed by atoms with Crippen LogP contribution in [0.3, 0.4) is 0 Å². The minimum absolute atomic E-state index is 0.101. The second kappa shape index (κ2) is 6.48. The summed E-state index contributed by atoms with van der Waals surface area (Å²) in [6, 6.07) is 9.51. The maximum absolute atomic E-state index is 12.3. The molecule has 0 amide bonds. The van der Waals surface area contributed by atoms with Gasteiger partial charge in [-0.15, -0.1) is 0 Å². The molecule has 0 spiro atoms. The molecule has 1 aromatic carbocycles. The van der Waals surface area contributed by atoms with Crippen LogP contribution in [0.25, 0.3) is 0 Å². The largest absolute Gasteiger partial charge is 0.369 e. The van der Waals surface area contributed by atoms with Gasteiger partial charge in [0.25, 0.3) is 0 Å². The molecule has 0 saturated carbocycles. The molecule has 0 aromatic heterocycles. The Morgan fingerprint density at radius 2 is 2.07 bits per heavy atom. The standard InChI is InChI=1S/C10H14FNO2/c11-6-10(7-12-13)14-8-9-4-2-1-3-5-9/h1-5,10,12-13H,6-8H2/t10-/m0/s1. The second-order valence-electron chi connectivity index (χ2n) is 2.94. The summed E-state index contributed by atoms with van der Waals surface area (Å²) in [5.41, 5.74) is 2.88. The van der Waals surface area contributed by atoms with Gasteiger partial charge in [-0.25, -0.2) is 9.87 Å². The molecule has 0 saturated heterocycles. The van der Waals surface area contributed by atoms with Crippen molar-refractivity contribution in [3.8, 4) is 0 Å². The molecule has 0 heterocycles. The number of alkyl halides is 1. The smallest absolute Gasteiger partial charge is 0.117 e. The molecule has 2 N–H and O–H groups in total. The van der Waals surface area contributed by atoms with E-state index in [-0.39, 0.29) is 6.54 Å². The van der Waals surface area contributed by atoms with Crippen molar-refractivity contribution < 1.29 is 14.3 Å². The quantitative estimate of drug-likeness (QED) is 0.682. The summed E-state index contributed by atoms with van der Waals surface area (Å²) in [4.78, 5) is 0. The van der Waals surface area contributed by atoms with Crippen molar-refractivity contribution in [1.29, 1.82) is 0 Å². The summed E-state index contributed by atoms with van der Waals surface area (Å²) in [7, 11) is 0. The molecule has 0 fully saturated rings. The molecule has 78 valence electrons. The van der Waals surface area contributed by atoms with Crippen LogP contribution in [0, 0.1) is 0 Å². The van der Waals surface area contributed by atoms with Crippen molar-refractivity contribution in [3.63, 3.8) is 0 Å². The summed E-state index contributed by atoms with van der Waals surface area (Å²) in [5, 5.41) is 8.37. The molecule has 3 nitrogen and oxygen atoms in total. The Morgan fingerprint density at radius 3 is 2.64 bits per heavy atom. The first-order valence-electron chi connectivity index (χ1n) is 4.45. The van der Waals surface area contributed by atoms with Crippen LogP contribution < -0.4 is 5.48 Å². The molecule has 0 bridgehead atoms. The number of nitrogens with one attached hydrogen (secondary N) is 1. The van der Waals surface area contributed by atoms with Crippen LogP contribution in [-0.2, 0) is 11.3 Å². The highest BCUT2D eigenvalue weighted by atomic mass is 19.1. The molecule has 14 heavy (non-hydrogen) atoms. The fourth-order valence-electron chi connectivity index (χ4n) is 1.05. The number of halogens is 1. The Hall–Kier alpha value is -0.970. The first-order valence-corrected chi connectivity index (χ1v) is 4.45. The molecule has 1 atom stereocenters. The highest BCUT2D eigenvalue weighted by Gasteiger charge is 2.07. The number of rotatable bonds is 6. The molecule has 1 rings (SSSR count). The Morgan fingerprint density at radius 1 is 1.36 bits per heavy atom. The molecular weight excluding hydrogens is 185 g/mol. The van der Waals surface area contributed by atoms with Crippen molar-refractivity contribution in [2.45, 2.75) is 12.7 Å². The van der Waals surface area contributed by atoms with Gasteiger partial charge in [-0.2, -0.15) is 0 Å². The van der Waals surface area contributed by atoms with Gasteiger partial charge in [0.15, 0.2) is 0 Å². The third-order valence-electron chi connectivity index (χ3n) is 1.82. The average Bonchev–Trinajstić information content (AvgIpc) is 2.25. The van der Waals surface area contributed by atoms with E-state index < -0.39 is 12.8 Å². The Balaban J connectivity index is 2.32. The molecule has 0 radical (unpaired) electrons. The first-order chi connectivity index (χ1) is 6.86. The number of hydrogen-bond donors (Lipinski definition) is 2. The summed E-state index contributed by atoms with van der Waals surface area (Å²) in [5.74, 6) is 0. The molecule has 0 unspecified atom stereocenters. The van der Waals surface area contributed by atoms with Crippen LogP contribution >= 0.6 is 0 Å². The van der Waals surface area contributed by atoms with Gasteiger partial charge in [0.1, 0.15) is 12.8 Å². The number of benzene rings is 1. The van der Waals surface area contributed by atoms with Crippen LogP contribution in [0.15, 0.2) is 30.3 Å². The van der Waals surface area contributed by atoms with Crippen LogP contribution in [-0.4, -0.2) is 24.5 Å². The summed E-state index contributed by atoms with van der Waals surface area (Å²) in [6.45, 7) is -0.152. The van der Waals surface area contributed by atoms with Gasteiger partial charge in [-0.3, -0.25) is 0 Å². The Bertz CT molecular complexity index is 243. The predicted octanol–water partition coefficient (Wildman–Crippen LogP) is 1.52. The number of hydrogen-bond acceptors (Lipinski definition) is 3. The normalized spacial score (nSPS) is 12.7. The summed E-state index contributed by atoms with van der Waals surface area (Å²) >= 11 is 0. The van der Waals surface area contributed by atoms with Crippen molar-refractivity contribution in [1.82, 2.24) is 5.48 Å². The van der Waals surface area contributed by atoms with Crippen LogP contribution in [0.5, 0.6) is 0 Å². The van der Waals surface area contributed by atoms with E-state index in [0.717, 1.165) is 5.56 Å². The van der Waals surface area contributed by atoms with Gasteiger partial charge < -0.3 is 9.94 Å². The molecule has 4 heteroatoms. The van der Waals surface area contributed by atoms with Crippen molar-refractivity contribution in [3.05, 3.63) is 35.9 Å². The number of hydroxylamine groups is 1. The summed E-state index contributed by atoms with van der Waals surface area (Å²) < 4.78 is 17.5. The molecular formula is C10H14FNO2. The van der Waals surface area contributed by atoms with Gasteiger partial charge in [-0.05, 0) is 5.56 Å². The van der Waals surface area contributed by atoms with E-state index in [4.69, 9.17) is 9.94 Å². The van der Waals surface area contributed by atoms with Crippen molar-refractivity contribution in [2.24, 2.45) is 0 Å². The molecule has 0 aliphatic rings. The fraction of sp³-hybridized carbons (Fsp3) is 0.400. The topological polar surface area (TPSA) is 41.5 Å². The molecule has 0 aliphatic heterocycles. The van der Waals surface area contributed by atoms with Crippen LogP contribution in [0.4, 0.5) is 4.39 Å². The van der Waals surface area contributed by atoms with Gasteiger partial charge in [-0.1, -0.05) is 30.3 Å². The van der Waals surface area contributed by atoms with E-state index in [1.165, 1.54) is 0 Å². The third-order valence-corrected chi connectivity index (χ3v) is 1.82. The lowest BCUT2D eigenvalue weighted by molar-refractivity contribution is 0.000884. The predicted molar refractivity (Wildman–Crippen MR) is 50.8 cm³/mol. The van der Waals surface area contributed by atoms with E-state index in [0.29, 0.717) is 6.61 Å². The average molecular weight is 199 g/mol. The van der Waals surface area contributed by atoms with Crippen LogP contribution in [0.1, 0.15) is 5.56 Å². The SMILES string of the molecule is ONC[C@H](CF)OCc1ccccc1. The van der Waals surface area contributed by atoms with Crippen molar-refractivity contribution in [2.75, 3.05) is 13.2 Å². The molecule has 0 aliphatic carbocycles. The highest BCUT2D eigenvalue weighted by molar-refractivity contribution is 5.13. The first kappa shape index (κ1) is 11.1. The van der Waals surface area contributed by atoms with E-state index in [1.54, 1.807) is 0 Å². The third kappa shape index (κ3) is 3.83. The van der Waals surface area contributed by atoms with E-state index in [1.807, 2.05) is 35.8 Å². The fourth-order valence-corrected chi connectivity index (χ4v) is 1.05. The lowest BCUT2D eigenvalue weighted by Gasteiger charge is -2.13. The minimum atomic E-state index is -0.611. The maximum atomic E-state index is 12.3. The molecule has 1 aromatic rings. The zero-order valence-electron chi connectivity index (χ0n) is 7.82. The van der Waals surface area contributed by atoms with E-state index >= 15 is 0 Å².